The summed E-state index contributed by atoms with van der Waals surface area (Å²) in [6.07, 6.45) is -0.510. The largest absolute Gasteiger partial charge is 0.481 e. The molecule has 0 radical (unpaired) electrons. The van der Waals surface area contributed by atoms with Crippen LogP contribution in [0.3, 0.4) is 0 Å². The van der Waals surface area contributed by atoms with Gasteiger partial charge in [-0.1, -0.05) is 27.7 Å². The number of carboxylic acid groups (broad SMARTS) is 2. The van der Waals surface area contributed by atoms with Gasteiger partial charge < -0.3 is 31.9 Å². The lowest BCUT2D eigenvalue weighted by molar-refractivity contribution is -0.141. The predicted octanol–water partition coefficient (Wildman–Crippen LogP) is -1.34. The molecular formula is C17H30N4O7. The van der Waals surface area contributed by atoms with E-state index < -0.39 is 60.8 Å². The van der Waals surface area contributed by atoms with E-state index in [-0.39, 0.29) is 18.3 Å². The van der Waals surface area contributed by atoms with Crippen molar-refractivity contribution in [1.82, 2.24) is 16.0 Å². The van der Waals surface area contributed by atoms with Gasteiger partial charge in [0.25, 0.3) is 0 Å². The molecule has 0 aromatic heterocycles. The van der Waals surface area contributed by atoms with Crippen LogP contribution >= 0.6 is 0 Å². The Labute approximate surface area is 163 Å². The summed E-state index contributed by atoms with van der Waals surface area (Å²) in [5, 5.41) is 24.5. The van der Waals surface area contributed by atoms with E-state index in [4.69, 9.17) is 15.9 Å². The standard InChI is InChI=1S/C17H30N4O7/c1-8(2)5-10(15(26)19-7-13(24)25)20-16(27)11(6-12(22)23)21-17(28)14(18)9(3)4/h8-11,14H,5-7,18H2,1-4H3,(H,19,26)(H,20,27)(H,21,28)(H,22,23)(H,24,25). The van der Waals surface area contributed by atoms with Gasteiger partial charge in [-0.05, 0) is 18.3 Å². The predicted molar refractivity (Wildman–Crippen MR) is 99.0 cm³/mol. The van der Waals surface area contributed by atoms with Gasteiger partial charge >= 0.3 is 11.9 Å². The maximum Gasteiger partial charge on any atom is 0.322 e. The lowest BCUT2D eigenvalue weighted by Crippen LogP contribution is -2.57. The van der Waals surface area contributed by atoms with Crippen molar-refractivity contribution in [2.24, 2.45) is 17.6 Å². The van der Waals surface area contributed by atoms with Gasteiger partial charge in [0.05, 0.1) is 12.5 Å². The maximum absolute atomic E-state index is 12.5. The zero-order valence-electron chi connectivity index (χ0n) is 16.5. The maximum atomic E-state index is 12.5. The number of rotatable bonds is 12. The summed E-state index contributed by atoms with van der Waals surface area (Å²) in [5.74, 6) is -5.11. The average molecular weight is 402 g/mol. The van der Waals surface area contributed by atoms with Crippen LogP contribution in [0.1, 0.15) is 40.5 Å². The van der Waals surface area contributed by atoms with Crippen LogP contribution in [0, 0.1) is 11.8 Å². The van der Waals surface area contributed by atoms with Gasteiger partial charge in [0.2, 0.25) is 17.7 Å². The third-order valence-corrected chi connectivity index (χ3v) is 3.79. The first kappa shape index (κ1) is 25.3. The highest BCUT2D eigenvalue weighted by Crippen LogP contribution is 2.07. The molecule has 0 aliphatic heterocycles. The summed E-state index contributed by atoms with van der Waals surface area (Å²) in [6, 6.07) is -3.45. The molecule has 3 atom stereocenters. The topological polar surface area (TPSA) is 188 Å². The first-order valence-electron chi connectivity index (χ1n) is 8.92. The minimum atomic E-state index is -1.43. The zero-order valence-corrected chi connectivity index (χ0v) is 16.5. The number of carbonyl (C=O) groups excluding carboxylic acids is 3. The fourth-order valence-corrected chi connectivity index (χ4v) is 2.22. The van der Waals surface area contributed by atoms with Crippen molar-refractivity contribution in [3.05, 3.63) is 0 Å². The molecular weight excluding hydrogens is 372 g/mol. The van der Waals surface area contributed by atoms with E-state index in [2.05, 4.69) is 16.0 Å². The monoisotopic (exact) mass is 402 g/mol. The van der Waals surface area contributed by atoms with Crippen molar-refractivity contribution >= 4 is 29.7 Å². The minimum absolute atomic E-state index is 0.0252. The molecule has 3 amide bonds. The van der Waals surface area contributed by atoms with Gasteiger partial charge in [0, 0.05) is 0 Å². The van der Waals surface area contributed by atoms with Gasteiger partial charge in [0.15, 0.2) is 0 Å². The van der Waals surface area contributed by atoms with Crippen LogP contribution in [0.4, 0.5) is 0 Å². The lowest BCUT2D eigenvalue weighted by atomic mass is 10.0. The summed E-state index contributed by atoms with van der Waals surface area (Å²) in [4.78, 5) is 58.5. The fourth-order valence-electron chi connectivity index (χ4n) is 2.22. The van der Waals surface area contributed by atoms with E-state index in [0.717, 1.165) is 0 Å². The van der Waals surface area contributed by atoms with E-state index in [0.29, 0.717) is 0 Å². The third-order valence-electron chi connectivity index (χ3n) is 3.79. The highest BCUT2D eigenvalue weighted by Gasteiger charge is 2.30. The number of carboxylic acids is 2. The molecule has 0 aromatic carbocycles. The van der Waals surface area contributed by atoms with Gasteiger partial charge in [-0.15, -0.1) is 0 Å². The molecule has 11 nitrogen and oxygen atoms in total. The van der Waals surface area contributed by atoms with E-state index in [1.54, 1.807) is 27.7 Å². The summed E-state index contributed by atoms with van der Waals surface area (Å²) < 4.78 is 0. The molecule has 0 aliphatic carbocycles. The Morgan fingerprint density at radius 2 is 1.36 bits per heavy atom. The number of aliphatic carboxylic acids is 2. The van der Waals surface area contributed by atoms with Crippen molar-refractivity contribution in [1.29, 1.82) is 0 Å². The van der Waals surface area contributed by atoms with Crippen molar-refractivity contribution in [3.63, 3.8) is 0 Å². The zero-order chi connectivity index (χ0) is 22.0. The van der Waals surface area contributed by atoms with Crippen LogP contribution in [-0.2, 0) is 24.0 Å². The Morgan fingerprint density at radius 1 is 0.821 bits per heavy atom. The number of nitrogens with two attached hydrogens (primary N) is 1. The molecule has 0 aromatic rings. The normalized spacial score (nSPS) is 14.1. The second kappa shape index (κ2) is 11.9. The minimum Gasteiger partial charge on any atom is -0.481 e. The Morgan fingerprint density at radius 3 is 1.79 bits per heavy atom. The molecule has 0 fully saturated rings. The van der Waals surface area contributed by atoms with Crippen LogP contribution in [-0.4, -0.2) is 64.5 Å². The molecule has 0 bridgehead atoms. The van der Waals surface area contributed by atoms with Crippen molar-refractivity contribution in [3.8, 4) is 0 Å². The highest BCUT2D eigenvalue weighted by molar-refractivity contribution is 5.95. The molecule has 0 rings (SSSR count). The second-order valence-electron chi connectivity index (χ2n) is 7.23. The molecule has 11 heteroatoms. The second-order valence-corrected chi connectivity index (χ2v) is 7.23. The van der Waals surface area contributed by atoms with Gasteiger partial charge in [-0.25, -0.2) is 0 Å². The molecule has 7 N–H and O–H groups in total. The molecule has 0 aliphatic rings. The Hall–Kier alpha value is -2.69. The van der Waals surface area contributed by atoms with Gasteiger partial charge in [-0.3, -0.25) is 24.0 Å². The third kappa shape index (κ3) is 9.86. The number of amides is 3. The molecule has 0 heterocycles. The van der Waals surface area contributed by atoms with Crippen LogP contribution < -0.4 is 21.7 Å². The molecule has 160 valence electrons. The lowest BCUT2D eigenvalue weighted by Gasteiger charge is -2.24. The summed E-state index contributed by atoms with van der Waals surface area (Å²) in [5.41, 5.74) is 5.71. The average Bonchev–Trinajstić information content (AvgIpc) is 2.56. The smallest absolute Gasteiger partial charge is 0.322 e. The van der Waals surface area contributed by atoms with E-state index in [1.807, 2.05) is 0 Å². The van der Waals surface area contributed by atoms with Crippen LogP contribution in [0.5, 0.6) is 0 Å². The van der Waals surface area contributed by atoms with E-state index >= 15 is 0 Å². The van der Waals surface area contributed by atoms with E-state index in [9.17, 15) is 24.0 Å². The van der Waals surface area contributed by atoms with Crippen molar-refractivity contribution < 1.29 is 34.2 Å². The van der Waals surface area contributed by atoms with E-state index in [1.165, 1.54) is 0 Å². The molecule has 3 unspecified atom stereocenters. The van der Waals surface area contributed by atoms with Crippen LogP contribution in [0.15, 0.2) is 0 Å². The number of nitrogens with one attached hydrogen (secondary N) is 3. The number of hydrogen-bond acceptors (Lipinski definition) is 6. The van der Waals surface area contributed by atoms with Gasteiger partial charge in [-0.2, -0.15) is 0 Å². The first-order valence-corrected chi connectivity index (χ1v) is 8.92. The van der Waals surface area contributed by atoms with Crippen LogP contribution in [0.2, 0.25) is 0 Å². The summed E-state index contributed by atoms with van der Waals surface area (Å²) in [7, 11) is 0. The quantitative estimate of drug-likeness (QED) is 0.231. The number of carbonyl (C=O) groups is 5. The Kier molecular flexibility index (Phi) is 10.8. The summed E-state index contributed by atoms with van der Waals surface area (Å²) >= 11 is 0. The molecule has 0 spiro atoms. The van der Waals surface area contributed by atoms with Crippen molar-refractivity contribution in [2.75, 3.05) is 6.54 Å². The Bertz CT molecular complexity index is 592. The molecule has 28 heavy (non-hydrogen) atoms. The fraction of sp³-hybridized carbons (Fsp3) is 0.706. The van der Waals surface area contributed by atoms with Crippen LogP contribution in [0.25, 0.3) is 0 Å². The number of hydrogen-bond donors (Lipinski definition) is 6. The van der Waals surface area contributed by atoms with Gasteiger partial charge in [0.1, 0.15) is 18.6 Å². The Balaban J connectivity index is 5.28. The van der Waals surface area contributed by atoms with Crippen molar-refractivity contribution in [2.45, 2.75) is 58.7 Å². The molecule has 0 saturated heterocycles. The highest BCUT2D eigenvalue weighted by atomic mass is 16.4. The first-order chi connectivity index (χ1) is 12.8. The SMILES string of the molecule is CC(C)CC(NC(=O)C(CC(=O)O)NC(=O)C(N)C(C)C)C(=O)NCC(=O)O. The summed E-state index contributed by atoms with van der Waals surface area (Å²) in [6.45, 7) is 6.36. The molecule has 0 saturated carbocycles.